The van der Waals surface area contributed by atoms with Crippen molar-refractivity contribution in [3.05, 3.63) is 102 Å². The maximum atomic E-state index is 13.9. The van der Waals surface area contributed by atoms with E-state index in [1.54, 1.807) is 23.4 Å². The zero-order chi connectivity index (χ0) is 26.8. The van der Waals surface area contributed by atoms with Crippen LogP contribution in [0.2, 0.25) is 5.02 Å². The number of benzene rings is 3. The van der Waals surface area contributed by atoms with Crippen LogP contribution in [0.5, 0.6) is 5.75 Å². The maximum Gasteiger partial charge on any atom is 0.260 e. The van der Waals surface area contributed by atoms with Crippen molar-refractivity contribution in [1.29, 1.82) is 0 Å². The van der Waals surface area contributed by atoms with Gasteiger partial charge in [-0.2, -0.15) is 0 Å². The summed E-state index contributed by atoms with van der Waals surface area (Å²) < 4.78 is 21.3. The van der Waals surface area contributed by atoms with Gasteiger partial charge in [0, 0.05) is 48.6 Å². The number of aromatic nitrogens is 3. The summed E-state index contributed by atoms with van der Waals surface area (Å²) in [7, 11) is 0. The Hall–Kier alpha value is -4.43. The minimum Gasteiger partial charge on any atom is -0.481 e. The molecule has 1 aliphatic rings. The lowest BCUT2D eigenvalue weighted by Crippen LogP contribution is -2.50. The Balaban J connectivity index is 1.28. The molecule has 1 aliphatic heterocycles. The highest BCUT2D eigenvalue weighted by molar-refractivity contribution is 6.30. The van der Waals surface area contributed by atoms with Crippen LogP contribution in [0, 0.1) is 5.82 Å². The molecule has 0 spiro atoms. The zero-order valence-electron chi connectivity index (χ0n) is 21.0. The van der Waals surface area contributed by atoms with Crippen LogP contribution in [0.1, 0.15) is 0 Å². The zero-order valence-corrected chi connectivity index (χ0v) is 21.8. The molecule has 3 heterocycles. The summed E-state index contributed by atoms with van der Waals surface area (Å²) in [4.78, 5) is 26.1. The van der Waals surface area contributed by atoms with Gasteiger partial charge in [-0.15, -0.1) is 0 Å². The largest absolute Gasteiger partial charge is 0.481 e. The second kappa shape index (κ2) is 10.7. The number of ether oxygens (including phenoxy) is 1. The van der Waals surface area contributed by atoms with Gasteiger partial charge < -0.3 is 19.1 Å². The Morgan fingerprint density at radius 2 is 1.69 bits per heavy atom. The smallest absolute Gasteiger partial charge is 0.260 e. The summed E-state index contributed by atoms with van der Waals surface area (Å²) >= 11 is 6.31. The predicted molar refractivity (Wildman–Crippen MR) is 150 cm³/mol. The molecule has 0 N–H and O–H groups in total. The summed E-state index contributed by atoms with van der Waals surface area (Å²) in [6.07, 6.45) is 3.65. The summed E-state index contributed by atoms with van der Waals surface area (Å²) in [5.41, 5.74) is 3.75. The summed E-state index contributed by atoms with van der Waals surface area (Å²) in [6.45, 7) is 1.98. The Labute approximate surface area is 230 Å². The minimum absolute atomic E-state index is 0.0746. The minimum atomic E-state index is -0.484. The number of para-hydroxylation sites is 1. The Morgan fingerprint density at radius 3 is 2.46 bits per heavy atom. The highest BCUT2D eigenvalue weighted by Crippen LogP contribution is 2.37. The van der Waals surface area contributed by atoms with E-state index >= 15 is 0 Å². The number of halogens is 2. The van der Waals surface area contributed by atoms with Crippen LogP contribution in [0.25, 0.3) is 27.8 Å². The molecular formula is C30H25ClFN5O2. The van der Waals surface area contributed by atoms with E-state index in [-0.39, 0.29) is 18.3 Å². The van der Waals surface area contributed by atoms with Gasteiger partial charge in [-0.3, -0.25) is 4.79 Å². The number of piperazine rings is 1. The number of carbonyl (C=O) groups excluding carboxylic acids is 1. The lowest BCUT2D eigenvalue weighted by Gasteiger charge is -2.35. The highest BCUT2D eigenvalue weighted by atomic mass is 35.5. The van der Waals surface area contributed by atoms with Gasteiger partial charge in [-0.1, -0.05) is 60.1 Å². The van der Waals surface area contributed by atoms with Gasteiger partial charge in [0.1, 0.15) is 12.1 Å². The topological polar surface area (TPSA) is 63.5 Å². The molecule has 0 atom stereocenters. The summed E-state index contributed by atoms with van der Waals surface area (Å²) in [5.74, 6) is 0.226. The molecule has 1 fully saturated rings. The molecule has 7 nitrogen and oxygen atoms in total. The van der Waals surface area contributed by atoms with Crippen molar-refractivity contribution in [2.75, 3.05) is 37.7 Å². The SMILES string of the molecule is O=C(COc1ccccc1F)N1CCN(c2ncnc3c2c(-c2ccccc2)cn3-c2cccc(Cl)c2)CC1. The number of carbonyl (C=O) groups is 1. The Kier molecular flexibility index (Phi) is 6.85. The number of hydrogen-bond donors (Lipinski definition) is 0. The first-order valence-corrected chi connectivity index (χ1v) is 13.0. The molecule has 1 amide bonds. The number of hydrogen-bond acceptors (Lipinski definition) is 5. The molecule has 0 bridgehead atoms. The van der Waals surface area contributed by atoms with Gasteiger partial charge in [0.25, 0.3) is 5.91 Å². The third kappa shape index (κ3) is 5.03. The molecule has 5 aromatic rings. The van der Waals surface area contributed by atoms with Gasteiger partial charge >= 0.3 is 0 Å². The van der Waals surface area contributed by atoms with Crippen molar-refractivity contribution in [1.82, 2.24) is 19.4 Å². The molecule has 39 heavy (non-hydrogen) atoms. The van der Waals surface area contributed by atoms with Gasteiger partial charge in [0.05, 0.1) is 5.39 Å². The lowest BCUT2D eigenvalue weighted by molar-refractivity contribution is -0.133. The fourth-order valence-corrected chi connectivity index (χ4v) is 5.09. The molecule has 0 unspecified atom stereocenters. The number of nitrogens with zero attached hydrogens (tertiary/aromatic N) is 5. The average molecular weight is 542 g/mol. The van der Waals surface area contributed by atoms with E-state index in [4.69, 9.17) is 21.3 Å². The lowest BCUT2D eigenvalue weighted by atomic mass is 10.1. The Morgan fingerprint density at radius 1 is 0.923 bits per heavy atom. The second-order valence-corrected chi connectivity index (χ2v) is 9.68. The van der Waals surface area contributed by atoms with E-state index in [0.717, 1.165) is 33.7 Å². The van der Waals surface area contributed by atoms with E-state index in [2.05, 4.69) is 28.2 Å². The second-order valence-electron chi connectivity index (χ2n) is 9.24. The maximum absolute atomic E-state index is 13.9. The molecule has 6 rings (SSSR count). The molecular weight excluding hydrogens is 517 g/mol. The highest BCUT2D eigenvalue weighted by Gasteiger charge is 2.26. The van der Waals surface area contributed by atoms with Crippen LogP contribution in [0.15, 0.2) is 91.4 Å². The van der Waals surface area contributed by atoms with E-state index in [1.165, 1.54) is 12.1 Å². The quantitative estimate of drug-likeness (QED) is 0.280. The van der Waals surface area contributed by atoms with Crippen molar-refractivity contribution < 1.29 is 13.9 Å². The van der Waals surface area contributed by atoms with Gasteiger partial charge in [0.15, 0.2) is 23.8 Å². The van der Waals surface area contributed by atoms with Gasteiger partial charge in [0.2, 0.25) is 0 Å². The van der Waals surface area contributed by atoms with Crippen molar-refractivity contribution in [3.8, 4) is 22.6 Å². The number of fused-ring (bicyclic) bond motifs is 1. The molecule has 0 radical (unpaired) electrons. The molecule has 1 saturated heterocycles. The molecule has 3 aromatic carbocycles. The van der Waals surface area contributed by atoms with Crippen LogP contribution in [0.3, 0.4) is 0 Å². The van der Waals surface area contributed by atoms with Crippen molar-refractivity contribution >= 4 is 34.4 Å². The summed E-state index contributed by atoms with van der Waals surface area (Å²) in [6, 6.07) is 23.9. The van der Waals surface area contributed by atoms with Crippen molar-refractivity contribution in [2.45, 2.75) is 0 Å². The van der Waals surface area contributed by atoms with Crippen LogP contribution in [-0.4, -0.2) is 58.1 Å². The number of amides is 1. The molecule has 196 valence electrons. The summed E-state index contributed by atoms with van der Waals surface area (Å²) in [5, 5.41) is 1.58. The average Bonchev–Trinajstić information content (AvgIpc) is 3.37. The number of rotatable bonds is 6. The monoisotopic (exact) mass is 541 g/mol. The van der Waals surface area contributed by atoms with Crippen molar-refractivity contribution in [3.63, 3.8) is 0 Å². The predicted octanol–water partition coefficient (Wildman–Crippen LogP) is 5.61. The van der Waals surface area contributed by atoms with Crippen LogP contribution < -0.4 is 9.64 Å². The van der Waals surface area contributed by atoms with Crippen LogP contribution >= 0.6 is 11.6 Å². The number of anilines is 1. The first kappa shape index (κ1) is 24.9. The molecule has 2 aromatic heterocycles. The van der Waals surface area contributed by atoms with E-state index in [0.29, 0.717) is 31.2 Å². The van der Waals surface area contributed by atoms with Crippen LogP contribution in [0.4, 0.5) is 10.2 Å². The standard InChI is InChI=1S/C30H25ClFN5O2/c31-22-9-6-10-23(17-22)37-18-24(21-7-2-1-3-8-21)28-29(33-20-34-30(28)37)36-15-13-35(14-16-36)27(38)19-39-26-12-5-4-11-25(26)32/h1-12,17-18,20H,13-16,19H2. The third-order valence-corrected chi connectivity index (χ3v) is 7.09. The fraction of sp³-hybridized carbons (Fsp3) is 0.167. The van der Waals surface area contributed by atoms with E-state index in [1.807, 2.05) is 47.0 Å². The van der Waals surface area contributed by atoms with E-state index < -0.39 is 5.82 Å². The third-order valence-electron chi connectivity index (χ3n) is 6.85. The van der Waals surface area contributed by atoms with Gasteiger partial charge in [-0.05, 0) is 35.9 Å². The normalized spacial score (nSPS) is 13.6. The van der Waals surface area contributed by atoms with Gasteiger partial charge in [-0.25, -0.2) is 14.4 Å². The van der Waals surface area contributed by atoms with Crippen LogP contribution in [-0.2, 0) is 4.79 Å². The fourth-order valence-electron chi connectivity index (χ4n) is 4.91. The first-order valence-electron chi connectivity index (χ1n) is 12.7. The van der Waals surface area contributed by atoms with Crippen molar-refractivity contribution in [2.24, 2.45) is 0 Å². The first-order chi connectivity index (χ1) is 19.1. The molecule has 0 aliphatic carbocycles. The van der Waals surface area contributed by atoms with E-state index in [9.17, 15) is 9.18 Å². The molecule has 0 saturated carbocycles. The Bertz CT molecular complexity index is 1630. The molecule has 9 heteroatoms.